The van der Waals surface area contributed by atoms with E-state index in [1.54, 1.807) is 14.2 Å². The number of methoxy groups -OCH3 is 2. The van der Waals surface area contributed by atoms with Crippen LogP contribution in [-0.4, -0.2) is 43.3 Å². The summed E-state index contributed by atoms with van der Waals surface area (Å²) in [6, 6.07) is 3.83. The van der Waals surface area contributed by atoms with Crippen LogP contribution in [0, 0.1) is 6.92 Å². The zero-order valence-electron chi connectivity index (χ0n) is 12.6. The fourth-order valence-corrected chi connectivity index (χ4v) is 2.16. The van der Waals surface area contributed by atoms with E-state index in [0.717, 1.165) is 24.1 Å². The quantitative estimate of drug-likeness (QED) is 0.792. The van der Waals surface area contributed by atoms with Gasteiger partial charge >= 0.3 is 5.97 Å². The minimum absolute atomic E-state index is 0.0433. The molecule has 0 atom stereocenters. The number of aryl methyl sites for hydroxylation is 1. The molecule has 1 aromatic rings. The number of hydrogen-bond acceptors (Lipinski definition) is 4. The highest BCUT2D eigenvalue weighted by Crippen LogP contribution is 2.30. The Morgan fingerprint density at radius 2 is 1.85 bits per heavy atom. The summed E-state index contributed by atoms with van der Waals surface area (Å²) in [7, 11) is 3.20. The van der Waals surface area contributed by atoms with Gasteiger partial charge in [0.25, 0.3) is 0 Å². The van der Waals surface area contributed by atoms with E-state index in [0.29, 0.717) is 18.0 Å². The predicted octanol–water partition coefficient (Wildman–Crippen LogP) is 2.31. The first-order valence-corrected chi connectivity index (χ1v) is 6.67. The van der Waals surface area contributed by atoms with E-state index in [-0.39, 0.29) is 6.54 Å². The van der Waals surface area contributed by atoms with Gasteiger partial charge in [-0.1, -0.05) is 6.92 Å². The van der Waals surface area contributed by atoms with Crippen molar-refractivity contribution in [2.45, 2.75) is 26.8 Å². The van der Waals surface area contributed by atoms with Gasteiger partial charge in [-0.2, -0.15) is 0 Å². The molecule has 0 amide bonds. The fourth-order valence-electron chi connectivity index (χ4n) is 2.16. The van der Waals surface area contributed by atoms with Crippen molar-refractivity contribution in [3.63, 3.8) is 0 Å². The largest absolute Gasteiger partial charge is 0.493 e. The monoisotopic (exact) mass is 281 g/mol. The number of carbonyl (C=O) groups is 1. The Morgan fingerprint density at radius 1 is 1.25 bits per heavy atom. The minimum atomic E-state index is -0.809. The third-order valence-corrected chi connectivity index (χ3v) is 3.13. The standard InChI is InChI=1S/C15H23NO4/c1-5-6-16(10-15(17)18)9-12-8-14(20-4)13(19-3)7-11(12)2/h7-8H,5-6,9-10H2,1-4H3,(H,17,18). The smallest absolute Gasteiger partial charge is 0.317 e. The summed E-state index contributed by atoms with van der Waals surface area (Å²) < 4.78 is 10.6. The van der Waals surface area contributed by atoms with Crippen molar-refractivity contribution in [2.75, 3.05) is 27.3 Å². The van der Waals surface area contributed by atoms with Gasteiger partial charge in [-0.3, -0.25) is 9.69 Å². The molecule has 0 aliphatic carbocycles. The lowest BCUT2D eigenvalue weighted by atomic mass is 10.1. The van der Waals surface area contributed by atoms with E-state index >= 15 is 0 Å². The minimum Gasteiger partial charge on any atom is -0.493 e. The first kappa shape index (κ1) is 16.3. The van der Waals surface area contributed by atoms with Crippen molar-refractivity contribution < 1.29 is 19.4 Å². The van der Waals surface area contributed by atoms with Crippen molar-refractivity contribution in [1.29, 1.82) is 0 Å². The number of nitrogens with zero attached hydrogens (tertiary/aromatic N) is 1. The second-order valence-electron chi connectivity index (χ2n) is 4.74. The molecule has 0 aromatic heterocycles. The molecular weight excluding hydrogens is 258 g/mol. The van der Waals surface area contributed by atoms with Crippen molar-refractivity contribution >= 4 is 5.97 Å². The molecule has 0 bridgehead atoms. The van der Waals surface area contributed by atoms with Gasteiger partial charge in [-0.05, 0) is 43.1 Å². The van der Waals surface area contributed by atoms with Crippen LogP contribution in [0.3, 0.4) is 0 Å². The topological polar surface area (TPSA) is 59.0 Å². The van der Waals surface area contributed by atoms with Crippen LogP contribution in [0.25, 0.3) is 0 Å². The number of ether oxygens (including phenoxy) is 2. The van der Waals surface area contributed by atoms with Gasteiger partial charge in [0.05, 0.1) is 20.8 Å². The van der Waals surface area contributed by atoms with Crippen molar-refractivity contribution in [3.8, 4) is 11.5 Å². The van der Waals surface area contributed by atoms with Crippen LogP contribution in [0.2, 0.25) is 0 Å². The molecule has 20 heavy (non-hydrogen) atoms. The van der Waals surface area contributed by atoms with Gasteiger partial charge in [-0.25, -0.2) is 0 Å². The van der Waals surface area contributed by atoms with Gasteiger partial charge in [0.15, 0.2) is 11.5 Å². The van der Waals surface area contributed by atoms with Crippen molar-refractivity contribution in [1.82, 2.24) is 4.90 Å². The van der Waals surface area contributed by atoms with Crippen LogP contribution < -0.4 is 9.47 Å². The zero-order chi connectivity index (χ0) is 15.1. The lowest BCUT2D eigenvalue weighted by molar-refractivity contribution is -0.138. The summed E-state index contributed by atoms with van der Waals surface area (Å²) in [6.45, 7) is 5.41. The van der Waals surface area contributed by atoms with E-state index in [9.17, 15) is 4.79 Å². The molecule has 0 saturated carbocycles. The lowest BCUT2D eigenvalue weighted by Gasteiger charge is -2.21. The molecule has 1 aromatic carbocycles. The van der Waals surface area contributed by atoms with Crippen LogP contribution >= 0.6 is 0 Å². The molecule has 112 valence electrons. The maximum Gasteiger partial charge on any atom is 0.317 e. The number of carboxylic acid groups (broad SMARTS) is 1. The summed E-state index contributed by atoms with van der Waals surface area (Å²) in [5.74, 6) is 0.547. The third kappa shape index (κ3) is 4.42. The zero-order valence-corrected chi connectivity index (χ0v) is 12.6. The van der Waals surface area contributed by atoms with E-state index in [2.05, 4.69) is 0 Å². The van der Waals surface area contributed by atoms with Gasteiger partial charge in [0, 0.05) is 6.54 Å². The van der Waals surface area contributed by atoms with Crippen molar-refractivity contribution in [3.05, 3.63) is 23.3 Å². The van der Waals surface area contributed by atoms with Gasteiger partial charge in [-0.15, -0.1) is 0 Å². The number of aliphatic carboxylic acids is 1. The summed E-state index contributed by atoms with van der Waals surface area (Å²) in [5.41, 5.74) is 2.12. The Hall–Kier alpha value is -1.75. The SMILES string of the molecule is CCCN(CC(=O)O)Cc1cc(OC)c(OC)cc1C. The highest BCUT2D eigenvalue weighted by atomic mass is 16.5. The first-order chi connectivity index (χ1) is 9.51. The molecule has 5 heteroatoms. The molecule has 0 aliphatic rings. The third-order valence-electron chi connectivity index (χ3n) is 3.13. The van der Waals surface area contributed by atoms with Crippen LogP contribution in [0.5, 0.6) is 11.5 Å². The molecular formula is C15H23NO4. The van der Waals surface area contributed by atoms with Gasteiger partial charge < -0.3 is 14.6 Å². The number of rotatable bonds is 8. The van der Waals surface area contributed by atoms with E-state index in [4.69, 9.17) is 14.6 Å². The highest BCUT2D eigenvalue weighted by molar-refractivity contribution is 5.69. The highest BCUT2D eigenvalue weighted by Gasteiger charge is 2.14. The van der Waals surface area contributed by atoms with Crippen LogP contribution in [0.15, 0.2) is 12.1 Å². The summed E-state index contributed by atoms with van der Waals surface area (Å²) >= 11 is 0. The van der Waals surface area contributed by atoms with Crippen molar-refractivity contribution in [2.24, 2.45) is 0 Å². The number of carboxylic acids is 1. The summed E-state index contributed by atoms with van der Waals surface area (Å²) in [4.78, 5) is 12.8. The van der Waals surface area contributed by atoms with E-state index < -0.39 is 5.97 Å². The van der Waals surface area contributed by atoms with E-state index in [1.165, 1.54) is 0 Å². The van der Waals surface area contributed by atoms with Crippen LogP contribution in [-0.2, 0) is 11.3 Å². The molecule has 0 saturated heterocycles. The normalized spacial score (nSPS) is 10.7. The Balaban J connectivity index is 2.96. The molecule has 1 N–H and O–H groups in total. The number of hydrogen-bond donors (Lipinski definition) is 1. The van der Waals surface area contributed by atoms with Crippen LogP contribution in [0.1, 0.15) is 24.5 Å². The van der Waals surface area contributed by atoms with Crippen LogP contribution in [0.4, 0.5) is 0 Å². The first-order valence-electron chi connectivity index (χ1n) is 6.67. The Morgan fingerprint density at radius 3 is 2.35 bits per heavy atom. The molecule has 0 radical (unpaired) electrons. The van der Waals surface area contributed by atoms with Gasteiger partial charge in [0.2, 0.25) is 0 Å². The number of benzene rings is 1. The predicted molar refractivity (Wildman–Crippen MR) is 77.5 cm³/mol. The molecule has 0 heterocycles. The second-order valence-corrected chi connectivity index (χ2v) is 4.74. The average Bonchev–Trinajstić information content (AvgIpc) is 2.40. The summed E-state index contributed by atoms with van der Waals surface area (Å²) in [5, 5.41) is 8.95. The van der Waals surface area contributed by atoms with Gasteiger partial charge in [0.1, 0.15) is 0 Å². The maximum atomic E-state index is 10.9. The fraction of sp³-hybridized carbons (Fsp3) is 0.533. The van der Waals surface area contributed by atoms with E-state index in [1.807, 2.05) is 30.9 Å². The summed E-state index contributed by atoms with van der Waals surface area (Å²) in [6.07, 6.45) is 0.916. The Bertz CT molecular complexity index is 459. The molecule has 1 rings (SSSR count). The average molecular weight is 281 g/mol. The lowest BCUT2D eigenvalue weighted by Crippen LogP contribution is -2.30. The maximum absolute atomic E-state index is 10.9. The molecule has 0 unspecified atom stereocenters. The Labute approximate surface area is 120 Å². The molecule has 0 fully saturated rings. The second kappa shape index (κ2) is 7.75. The Kier molecular flexibility index (Phi) is 6.31. The molecule has 5 nitrogen and oxygen atoms in total. The molecule has 0 aliphatic heterocycles. The molecule has 0 spiro atoms.